The zero-order valence-electron chi connectivity index (χ0n) is 23.8. The van der Waals surface area contributed by atoms with Crippen LogP contribution in [0.3, 0.4) is 0 Å². The van der Waals surface area contributed by atoms with Gasteiger partial charge in [0.2, 0.25) is 11.8 Å². The summed E-state index contributed by atoms with van der Waals surface area (Å²) < 4.78 is 12.4. The molecule has 2 aromatic heterocycles. The molecular formula is C34H34N4O4. The van der Waals surface area contributed by atoms with Gasteiger partial charge in [-0.3, -0.25) is 0 Å². The number of aliphatic hydroxyl groups excluding tert-OH is 2. The van der Waals surface area contributed by atoms with Crippen LogP contribution in [0.5, 0.6) is 0 Å². The lowest BCUT2D eigenvalue weighted by Crippen LogP contribution is -2.17. The van der Waals surface area contributed by atoms with Crippen molar-refractivity contribution in [3.05, 3.63) is 95.1 Å². The zero-order valence-corrected chi connectivity index (χ0v) is 23.8. The Labute approximate surface area is 244 Å². The summed E-state index contributed by atoms with van der Waals surface area (Å²) in [4.78, 5) is 9.65. The SMILES string of the molecule is Cc1c(-c2nc3cc(CNCCO)ccc3o2)cccc1-c1cccc(-c2nc3cc(CNCCO)ccc3o2)c1C. The summed E-state index contributed by atoms with van der Waals surface area (Å²) >= 11 is 0. The second-order valence-corrected chi connectivity index (χ2v) is 10.4. The van der Waals surface area contributed by atoms with E-state index >= 15 is 0 Å². The molecule has 2 heterocycles. The van der Waals surface area contributed by atoms with Crippen molar-refractivity contribution in [1.82, 2.24) is 20.6 Å². The molecule has 0 unspecified atom stereocenters. The van der Waals surface area contributed by atoms with Crippen LogP contribution in [0.1, 0.15) is 22.3 Å². The van der Waals surface area contributed by atoms with E-state index in [9.17, 15) is 0 Å². The lowest BCUT2D eigenvalue weighted by atomic mass is 9.91. The molecule has 0 amide bonds. The number of aromatic nitrogens is 2. The standard InChI is InChI=1S/C34H34N4O4/c1-21-25(5-3-7-27(21)33-37-29-17-23(19-35-13-15-39)9-11-31(29)41-33)26-6-4-8-28(22(26)2)34-38-30-18-24(20-36-14-16-40)10-12-32(30)42-34/h3-12,17-18,35-36,39-40H,13-16,19-20H2,1-2H3. The molecule has 0 fully saturated rings. The van der Waals surface area contributed by atoms with Crippen molar-refractivity contribution >= 4 is 22.2 Å². The van der Waals surface area contributed by atoms with Gasteiger partial charge in [0, 0.05) is 37.3 Å². The van der Waals surface area contributed by atoms with Crippen molar-refractivity contribution < 1.29 is 19.0 Å². The highest BCUT2D eigenvalue weighted by Crippen LogP contribution is 2.37. The van der Waals surface area contributed by atoms with E-state index in [4.69, 9.17) is 29.0 Å². The first-order valence-corrected chi connectivity index (χ1v) is 14.2. The van der Waals surface area contributed by atoms with E-state index in [1.807, 2.05) is 60.7 Å². The van der Waals surface area contributed by atoms with E-state index in [1.54, 1.807) is 0 Å². The van der Waals surface area contributed by atoms with Gasteiger partial charge >= 0.3 is 0 Å². The molecule has 0 saturated carbocycles. The molecule has 8 heteroatoms. The maximum Gasteiger partial charge on any atom is 0.227 e. The average Bonchev–Trinajstić information content (AvgIpc) is 3.61. The van der Waals surface area contributed by atoms with Crippen molar-refractivity contribution in [3.63, 3.8) is 0 Å². The Kier molecular flexibility index (Phi) is 8.12. The summed E-state index contributed by atoms with van der Waals surface area (Å²) in [5, 5.41) is 24.5. The lowest BCUT2D eigenvalue weighted by Gasteiger charge is -2.14. The highest BCUT2D eigenvalue weighted by Gasteiger charge is 2.18. The maximum absolute atomic E-state index is 9.03. The molecule has 6 aromatic rings. The molecule has 42 heavy (non-hydrogen) atoms. The van der Waals surface area contributed by atoms with Crippen LogP contribution in [0.25, 0.3) is 56.2 Å². The fourth-order valence-corrected chi connectivity index (χ4v) is 5.34. The van der Waals surface area contributed by atoms with Gasteiger partial charge in [0.15, 0.2) is 11.2 Å². The Morgan fingerprint density at radius 1 is 0.595 bits per heavy atom. The van der Waals surface area contributed by atoms with Crippen molar-refractivity contribution in [3.8, 4) is 34.0 Å². The van der Waals surface area contributed by atoms with Gasteiger partial charge in [0.25, 0.3) is 0 Å². The topological polar surface area (TPSA) is 117 Å². The number of benzene rings is 4. The Morgan fingerprint density at radius 2 is 1.02 bits per heavy atom. The molecule has 214 valence electrons. The Balaban J connectivity index is 1.32. The molecule has 4 aromatic carbocycles. The van der Waals surface area contributed by atoms with Crippen LogP contribution in [0.2, 0.25) is 0 Å². The molecule has 6 rings (SSSR count). The Hall–Kier alpha value is -4.34. The first kappa shape index (κ1) is 27.8. The highest BCUT2D eigenvalue weighted by molar-refractivity contribution is 5.84. The predicted octanol–water partition coefficient (Wildman–Crippen LogP) is 5.75. The van der Waals surface area contributed by atoms with E-state index in [2.05, 4.69) is 36.6 Å². The van der Waals surface area contributed by atoms with Crippen LogP contribution < -0.4 is 10.6 Å². The summed E-state index contributed by atoms with van der Waals surface area (Å²) in [6.45, 7) is 6.82. The summed E-state index contributed by atoms with van der Waals surface area (Å²) in [5.74, 6) is 1.17. The minimum absolute atomic E-state index is 0.106. The molecule has 0 aliphatic rings. The monoisotopic (exact) mass is 562 g/mol. The van der Waals surface area contributed by atoms with Gasteiger partial charge in [-0.2, -0.15) is 0 Å². The van der Waals surface area contributed by atoms with Gasteiger partial charge in [0.1, 0.15) is 11.0 Å². The van der Waals surface area contributed by atoms with Gasteiger partial charge in [0.05, 0.1) is 13.2 Å². The van der Waals surface area contributed by atoms with E-state index in [1.165, 1.54) is 0 Å². The summed E-state index contributed by atoms with van der Waals surface area (Å²) in [6.07, 6.45) is 0. The summed E-state index contributed by atoms with van der Waals surface area (Å²) in [5.41, 5.74) is 11.5. The van der Waals surface area contributed by atoms with Crippen LogP contribution in [0.15, 0.2) is 81.6 Å². The number of oxazole rings is 2. The van der Waals surface area contributed by atoms with Gasteiger partial charge in [-0.05, 0) is 83.6 Å². The first-order valence-electron chi connectivity index (χ1n) is 14.2. The van der Waals surface area contributed by atoms with Gasteiger partial charge < -0.3 is 29.7 Å². The Bertz CT molecular complexity index is 1720. The quantitative estimate of drug-likeness (QED) is 0.148. The highest BCUT2D eigenvalue weighted by atomic mass is 16.4. The molecule has 0 saturated heterocycles. The lowest BCUT2D eigenvalue weighted by molar-refractivity contribution is 0.291. The van der Waals surface area contributed by atoms with Crippen molar-refractivity contribution in [2.75, 3.05) is 26.3 Å². The Morgan fingerprint density at radius 3 is 1.45 bits per heavy atom. The molecule has 0 aliphatic heterocycles. The molecule has 0 radical (unpaired) electrons. The first-order chi connectivity index (χ1) is 20.6. The number of hydrogen-bond acceptors (Lipinski definition) is 8. The predicted molar refractivity (Wildman–Crippen MR) is 165 cm³/mol. The van der Waals surface area contributed by atoms with Gasteiger partial charge in [-0.1, -0.05) is 36.4 Å². The second-order valence-electron chi connectivity index (χ2n) is 10.4. The normalized spacial score (nSPS) is 11.6. The third-order valence-corrected chi connectivity index (χ3v) is 7.56. The second kappa shape index (κ2) is 12.3. The summed E-state index contributed by atoms with van der Waals surface area (Å²) in [6, 6.07) is 24.4. The minimum atomic E-state index is 0.106. The molecular weight excluding hydrogens is 528 g/mol. The van der Waals surface area contributed by atoms with Crippen LogP contribution >= 0.6 is 0 Å². The largest absolute Gasteiger partial charge is 0.436 e. The number of nitrogens with one attached hydrogen (secondary N) is 2. The van der Waals surface area contributed by atoms with E-state index in [-0.39, 0.29) is 13.2 Å². The van der Waals surface area contributed by atoms with Crippen LogP contribution in [-0.2, 0) is 13.1 Å². The number of hydrogen-bond donors (Lipinski definition) is 4. The van der Waals surface area contributed by atoms with Gasteiger partial charge in [-0.25, -0.2) is 9.97 Å². The molecule has 0 spiro atoms. The zero-order chi connectivity index (χ0) is 29.1. The van der Waals surface area contributed by atoms with Gasteiger partial charge in [-0.15, -0.1) is 0 Å². The fourth-order valence-electron chi connectivity index (χ4n) is 5.34. The third kappa shape index (κ3) is 5.57. The molecule has 0 aliphatic carbocycles. The number of fused-ring (bicyclic) bond motifs is 2. The number of rotatable bonds is 11. The van der Waals surface area contributed by atoms with E-state index in [0.717, 1.165) is 66.7 Å². The molecule has 4 N–H and O–H groups in total. The molecule has 0 atom stereocenters. The van der Waals surface area contributed by atoms with Crippen molar-refractivity contribution in [2.45, 2.75) is 26.9 Å². The van der Waals surface area contributed by atoms with Crippen molar-refractivity contribution in [1.29, 1.82) is 0 Å². The van der Waals surface area contributed by atoms with Crippen LogP contribution in [0.4, 0.5) is 0 Å². The number of nitrogens with zero attached hydrogens (tertiary/aromatic N) is 2. The average molecular weight is 563 g/mol. The van der Waals surface area contributed by atoms with Crippen molar-refractivity contribution in [2.24, 2.45) is 0 Å². The smallest absolute Gasteiger partial charge is 0.227 e. The third-order valence-electron chi connectivity index (χ3n) is 7.56. The van der Waals surface area contributed by atoms with E-state index < -0.39 is 0 Å². The van der Waals surface area contributed by atoms with Crippen LogP contribution in [-0.4, -0.2) is 46.5 Å². The fraction of sp³-hybridized carbons (Fsp3) is 0.235. The van der Waals surface area contributed by atoms with E-state index in [0.29, 0.717) is 38.0 Å². The molecule has 8 nitrogen and oxygen atoms in total. The maximum atomic E-state index is 9.03. The number of aliphatic hydroxyl groups is 2. The minimum Gasteiger partial charge on any atom is -0.436 e. The summed E-state index contributed by atoms with van der Waals surface area (Å²) in [7, 11) is 0. The molecule has 0 bridgehead atoms. The van der Waals surface area contributed by atoms with Crippen LogP contribution in [0, 0.1) is 13.8 Å².